The van der Waals surface area contributed by atoms with E-state index in [0.717, 1.165) is 17.4 Å². The molecular formula is C14H18N6O3. The minimum absolute atomic E-state index is 0.0540. The molecule has 0 bridgehead atoms. The maximum Gasteiger partial charge on any atom is 0.269 e. The fourth-order valence-corrected chi connectivity index (χ4v) is 2.49. The van der Waals surface area contributed by atoms with E-state index in [1.807, 2.05) is 13.8 Å². The minimum atomic E-state index is -0.597. The van der Waals surface area contributed by atoms with E-state index in [4.69, 9.17) is 5.73 Å². The molecule has 0 aliphatic heterocycles. The lowest BCUT2D eigenvalue weighted by molar-refractivity contribution is 0.0949. The Morgan fingerprint density at radius 2 is 2.22 bits per heavy atom. The highest BCUT2D eigenvalue weighted by atomic mass is 16.3. The predicted molar refractivity (Wildman–Crippen MR) is 84.6 cm³/mol. The number of nitrogens with two attached hydrogens (primary N) is 1. The monoisotopic (exact) mass is 318 g/mol. The molecule has 2 heterocycles. The maximum atomic E-state index is 12.8. The number of anilines is 1. The zero-order valence-corrected chi connectivity index (χ0v) is 12.9. The Bertz CT molecular complexity index is 846. The average Bonchev–Trinajstić information content (AvgIpc) is 3.20. The summed E-state index contributed by atoms with van der Waals surface area (Å²) in [6, 6.07) is 1.54. The van der Waals surface area contributed by atoms with Crippen molar-refractivity contribution in [2.45, 2.75) is 39.3 Å². The summed E-state index contributed by atoms with van der Waals surface area (Å²) in [6.45, 7) is 4.26. The number of hydrogen-bond donors (Lipinski definition) is 2. The number of rotatable bonds is 5. The van der Waals surface area contributed by atoms with E-state index in [2.05, 4.69) is 15.6 Å². The largest absolute Gasteiger partial charge is 0.382 e. The van der Waals surface area contributed by atoms with Crippen molar-refractivity contribution in [2.24, 2.45) is 11.1 Å². The number of nitroso groups, excluding NO2 is 1. The quantitative estimate of drug-likeness (QED) is 0.797. The molecule has 9 heteroatoms. The van der Waals surface area contributed by atoms with Gasteiger partial charge in [0.1, 0.15) is 11.5 Å². The van der Waals surface area contributed by atoms with Gasteiger partial charge in [0, 0.05) is 18.7 Å². The molecule has 23 heavy (non-hydrogen) atoms. The third-order valence-corrected chi connectivity index (χ3v) is 3.64. The molecule has 1 fully saturated rings. The van der Waals surface area contributed by atoms with Gasteiger partial charge in [0.25, 0.3) is 11.5 Å². The summed E-state index contributed by atoms with van der Waals surface area (Å²) in [5.41, 5.74) is 5.19. The lowest BCUT2D eigenvalue weighted by atomic mass is 10.2. The van der Waals surface area contributed by atoms with Gasteiger partial charge >= 0.3 is 0 Å². The van der Waals surface area contributed by atoms with Crippen molar-refractivity contribution in [1.29, 1.82) is 0 Å². The third-order valence-electron chi connectivity index (χ3n) is 3.64. The highest BCUT2D eigenvalue weighted by Crippen LogP contribution is 2.23. The van der Waals surface area contributed by atoms with Gasteiger partial charge in [-0.1, -0.05) is 13.8 Å². The minimum Gasteiger partial charge on any atom is -0.382 e. The first kappa shape index (κ1) is 15.2. The molecule has 2 aromatic rings. The summed E-state index contributed by atoms with van der Waals surface area (Å²) in [4.78, 5) is 36.4. The Hall–Kier alpha value is -2.71. The SMILES string of the molecule is CC(C)Cn1c(=O)c(C(=O)NC2CC2)c(N=O)n2nc(N)cc12. The van der Waals surface area contributed by atoms with Crippen molar-refractivity contribution in [3.63, 3.8) is 0 Å². The van der Waals surface area contributed by atoms with Crippen LogP contribution in [0, 0.1) is 10.8 Å². The number of amides is 1. The number of nitrogen functional groups attached to an aromatic ring is 1. The summed E-state index contributed by atoms with van der Waals surface area (Å²) >= 11 is 0. The van der Waals surface area contributed by atoms with Crippen LogP contribution in [0.5, 0.6) is 0 Å². The molecule has 1 amide bonds. The van der Waals surface area contributed by atoms with E-state index in [1.165, 1.54) is 10.6 Å². The molecule has 1 aliphatic carbocycles. The zero-order chi connectivity index (χ0) is 16.7. The molecule has 0 atom stereocenters. The molecule has 0 radical (unpaired) electrons. The van der Waals surface area contributed by atoms with E-state index in [1.54, 1.807) is 0 Å². The van der Waals surface area contributed by atoms with E-state index in [0.29, 0.717) is 12.2 Å². The van der Waals surface area contributed by atoms with Crippen LogP contribution in [-0.2, 0) is 6.54 Å². The Morgan fingerprint density at radius 3 is 2.78 bits per heavy atom. The van der Waals surface area contributed by atoms with Gasteiger partial charge in [-0.3, -0.25) is 14.2 Å². The summed E-state index contributed by atoms with van der Waals surface area (Å²) in [5.74, 6) is -0.617. The van der Waals surface area contributed by atoms with Gasteiger partial charge in [0.05, 0.1) is 0 Å². The molecule has 0 unspecified atom stereocenters. The molecule has 0 aromatic carbocycles. The van der Waals surface area contributed by atoms with Crippen LogP contribution in [0.15, 0.2) is 16.0 Å². The average molecular weight is 318 g/mol. The lowest BCUT2D eigenvalue weighted by Gasteiger charge is -2.14. The van der Waals surface area contributed by atoms with Gasteiger partial charge in [-0.15, -0.1) is 10.0 Å². The number of carbonyl (C=O) groups is 1. The van der Waals surface area contributed by atoms with E-state index < -0.39 is 11.5 Å². The number of nitrogens with zero attached hydrogens (tertiary/aromatic N) is 4. The van der Waals surface area contributed by atoms with Crippen LogP contribution >= 0.6 is 0 Å². The van der Waals surface area contributed by atoms with Crippen molar-refractivity contribution in [3.05, 3.63) is 26.9 Å². The van der Waals surface area contributed by atoms with Gasteiger partial charge in [0.15, 0.2) is 5.56 Å². The first-order valence-corrected chi connectivity index (χ1v) is 7.48. The van der Waals surface area contributed by atoms with Crippen molar-refractivity contribution in [3.8, 4) is 0 Å². The van der Waals surface area contributed by atoms with Crippen LogP contribution in [-0.4, -0.2) is 26.1 Å². The number of carbonyl (C=O) groups excluding carboxylic acids is 1. The molecule has 0 saturated heterocycles. The second kappa shape index (κ2) is 5.49. The molecule has 3 rings (SSSR count). The van der Waals surface area contributed by atoms with Gasteiger partial charge in [-0.2, -0.15) is 4.52 Å². The molecular weight excluding hydrogens is 300 g/mol. The summed E-state index contributed by atoms with van der Waals surface area (Å²) in [6.07, 6.45) is 1.74. The van der Waals surface area contributed by atoms with Gasteiger partial charge in [0.2, 0.25) is 5.82 Å². The van der Waals surface area contributed by atoms with Crippen LogP contribution < -0.4 is 16.6 Å². The van der Waals surface area contributed by atoms with Crippen molar-refractivity contribution >= 4 is 23.2 Å². The second-order valence-electron chi connectivity index (χ2n) is 6.19. The summed E-state index contributed by atoms with van der Waals surface area (Å²) in [5, 5.41) is 9.57. The zero-order valence-electron chi connectivity index (χ0n) is 12.9. The van der Waals surface area contributed by atoms with Crippen LogP contribution in [0.25, 0.3) is 5.65 Å². The number of fused-ring (bicyclic) bond motifs is 1. The fourth-order valence-electron chi connectivity index (χ4n) is 2.49. The smallest absolute Gasteiger partial charge is 0.269 e. The highest BCUT2D eigenvalue weighted by molar-refractivity contribution is 5.98. The summed E-state index contributed by atoms with van der Waals surface area (Å²) < 4.78 is 2.57. The molecule has 1 aliphatic rings. The number of hydrogen-bond acceptors (Lipinski definition) is 6. The molecule has 122 valence electrons. The fraction of sp³-hybridized carbons (Fsp3) is 0.500. The first-order chi connectivity index (χ1) is 10.9. The Morgan fingerprint density at radius 1 is 1.52 bits per heavy atom. The number of aromatic nitrogens is 3. The van der Waals surface area contributed by atoms with Gasteiger partial charge in [-0.25, -0.2) is 0 Å². The second-order valence-corrected chi connectivity index (χ2v) is 6.19. The molecule has 3 N–H and O–H groups in total. The molecule has 1 saturated carbocycles. The summed E-state index contributed by atoms with van der Waals surface area (Å²) in [7, 11) is 0. The van der Waals surface area contributed by atoms with Gasteiger partial charge < -0.3 is 11.1 Å². The molecule has 0 spiro atoms. The predicted octanol–water partition coefficient (Wildman–Crippen LogP) is 1.02. The lowest BCUT2D eigenvalue weighted by Crippen LogP contribution is -2.36. The van der Waals surface area contributed by atoms with E-state index in [9.17, 15) is 14.5 Å². The number of nitrogens with one attached hydrogen (secondary N) is 1. The first-order valence-electron chi connectivity index (χ1n) is 7.48. The van der Waals surface area contributed by atoms with E-state index >= 15 is 0 Å². The molecule has 2 aromatic heterocycles. The highest BCUT2D eigenvalue weighted by Gasteiger charge is 2.30. The van der Waals surface area contributed by atoms with Crippen LogP contribution in [0.2, 0.25) is 0 Å². The Balaban J connectivity index is 2.27. The Kier molecular flexibility index (Phi) is 3.63. The maximum absolute atomic E-state index is 12.8. The standard InChI is InChI=1S/C14H18N6O3/c1-7(2)6-19-10-5-9(15)17-20(10)12(18-23)11(14(19)22)13(21)16-8-3-4-8/h5,7-8H,3-4,6H2,1-2H3,(H2,15,17)(H,16,21). The molecule has 9 nitrogen and oxygen atoms in total. The van der Waals surface area contributed by atoms with Crippen molar-refractivity contribution < 1.29 is 4.79 Å². The Labute approximate surface area is 131 Å². The van der Waals surface area contributed by atoms with Crippen LogP contribution in [0.3, 0.4) is 0 Å². The topological polar surface area (TPSA) is 124 Å². The van der Waals surface area contributed by atoms with Gasteiger partial charge in [-0.05, 0) is 23.9 Å². The normalized spacial score (nSPS) is 14.4. The van der Waals surface area contributed by atoms with Crippen LogP contribution in [0.1, 0.15) is 37.0 Å². The third kappa shape index (κ3) is 2.69. The van der Waals surface area contributed by atoms with Crippen LogP contribution in [0.4, 0.5) is 11.6 Å². The van der Waals surface area contributed by atoms with Crippen molar-refractivity contribution in [2.75, 3.05) is 5.73 Å². The van der Waals surface area contributed by atoms with E-state index in [-0.39, 0.29) is 29.2 Å². The van der Waals surface area contributed by atoms with Crippen molar-refractivity contribution in [1.82, 2.24) is 19.5 Å².